The number of nitrogens with zero attached hydrogens (tertiary/aromatic N) is 6. The van der Waals surface area contributed by atoms with Crippen LogP contribution in [-0.4, -0.2) is 21.6 Å². The van der Waals surface area contributed by atoms with Gasteiger partial charge >= 0.3 is 0 Å². The zero-order valence-corrected chi connectivity index (χ0v) is 22.9. The van der Waals surface area contributed by atoms with E-state index in [2.05, 4.69) is 58.5 Å². The minimum atomic E-state index is -0.886. The van der Waals surface area contributed by atoms with E-state index in [-0.39, 0.29) is 0 Å². The Morgan fingerprint density at radius 2 is 0.786 bits per heavy atom. The van der Waals surface area contributed by atoms with E-state index in [4.69, 9.17) is 30.0 Å². The van der Waals surface area contributed by atoms with Crippen LogP contribution in [0, 0.1) is 0 Å². The van der Waals surface area contributed by atoms with Crippen molar-refractivity contribution in [1.29, 1.82) is 0 Å². The topological polar surface area (TPSA) is 106 Å². The Morgan fingerprint density at radius 3 is 1.21 bits per heavy atom. The lowest BCUT2D eigenvalue weighted by molar-refractivity contribution is 0.520. The van der Waals surface area contributed by atoms with E-state index in [9.17, 15) is 0 Å². The van der Waals surface area contributed by atoms with Gasteiger partial charge in [0.05, 0.1) is 0 Å². The van der Waals surface area contributed by atoms with Crippen molar-refractivity contribution in [3.8, 4) is 0 Å². The van der Waals surface area contributed by atoms with Crippen molar-refractivity contribution in [2.45, 2.75) is 25.2 Å². The summed E-state index contributed by atoms with van der Waals surface area (Å²) in [6, 6.07) is 32.7. The molecule has 9 rings (SSSR count). The summed E-state index contributed by atoms with van der Waals surface area (Å²) in [5, 5.41) is 3.88. The average Bonchev–Trinajstić information content (AvgIpc) is 3.70. The van der Waals surface area contributed by atoms with Crippen LogP contribution in [0.15, 0.2) is 127 Å². The summed E-state index contributed by atoms with van der Waals surface area (Å²) in [4.78, 5) is 38.0. The fourth-order valence-corrected chi connectivity index (χ4v) is 6.46. The van der Waals surface area contributed by atoms with Crippen LogP contribution in [0.5, 0.6) is 0 Å². The van der Waals surface area contributed by atoms with Gasteiger partial charge in [0, 0.05) is 43.8 Å². The second-order valence-corrected chi connectivity index (χ2v) is 11.2. The number of aliphatic imine (C=N–C) groups is 2. The molecule has 3 aliphatic rings. The highest BCUT2D eigenvalue weighted by Gasteiger charge is 2.37. The lowest BCUT2D eigenvalue weighted by atomic mass is 10.00. The van der Waals surface area contributed by atoms with Crippen molar-refractivity contribution in [2.75, 3.05) is 0 Å². The summed E-state index contributed by atoms with van der Waals surface area (Å²) < 4.78 is 0. The van der Waals surface area contributed by atoms with Crippen molar-refractivity contribution < 1.29 is 0 Å². The monoisotopic (exact) mass is 544 g/mol. The second kappa shape index (κ2) is 8.04. The lowest BCUT2D eigenvalue weighted by Crippen LogP contribution is -2.22. The van der Waals surface area contributed by atoms with Gasteiger partial charge in [0.25, 0.3) is 0 Å². The third-order valence-electron chi connectivity index (χ3n) is 8.45. The summed E-state index contributed by atoms with van der Waals surface area (Å²) in [5.41, 5.74) is 4.96. The average molecular weight is 545 g/mol. The van der Waals surface area contributed by atoms with Gasteiger partial charge in [-0.2, -0.15) is 0 Å². The molecule has 8 bridgehead atoms. The van der Waals surface area contributed by atoms with Crippen LogP contribution in [0.4, 0.5) is 0 Å². The number of hydrogen-bond donors (Lipinski definition) is 2. The van der Waals surface area contributed by atoms with Crippen LogP contribution in [0.3, 0.4) is 0 Å². The van der Waals surface area contributed by atoms with E-state index in [1.54, 1.807) is 0 Å². The van der Waals surface area contributed by atoms with Gasteiger partial charge in [-0.15, -0.1) is 0 Å². The number of aromatic nitrogens is 2. The van der Waals surface area contributed by atoms with E-state index in [1.165, 1.54) is 0 Å². The Hall–Kier alpha value is -5.50. The fraction of sp³-hybridized carbons (Fsp3) is 0.118. The number of nitrogens with one attached hydrogen (secondary N) is 2. The third-order valence-corrected chi connectivity index (χ3v) is 8.45. The zero-order valence-electron chi connectivity index (χ0n) is 22.9. The smallest absolute Gasteiger partial charge is 0.178 e. The molecule has 0 aliphatic carbocycles. The van der Waals surface area contributed by atoms with E-state index < -0.39 is 11.3 Å². The predicted molar refractivity (Wildman–Crippen MR) is 162 cm³/mol. The molecule has 2 unspecified atom stereocenters. The minimum absolute atomic E-state index is 0.626. The first-order valence-electron chi connectivity index (χ1n) is 14.0. The first-order chi connectivity index (χ1) is 20.5. The molecule has 8 nitrogen and oxygen atoms in total. The highest BCUT2D eigenvalue weighted by molar-refractivity contribution is 6.05. The van der Waals surface area contributed by atoms with E-state index in [0.717, 1.165) is 43.8 Å². The summed E-state index contributed by atoms with van der Waals surface area (Å²) >= 11 is 0. The molecule has 42 heavy (non-hydrogen) atoms. The molecular weight excluding hydrogens is 520 g/mol. The predicted octanol–water partition coefficient (Wildman–Crippen LogP) is 4.11. The van der Waals surface area contributed by atoms with Crippen molar-refractivity contribution >= 4 is 33.2 Å². The number of fused-ring (bicyclic) bond motifs is 18. The van der Waals surface area contributed by atoms with Crippen molar-refractivity contribution in [2.24, 2.45) is 30.0 Å². The molecule has 3 aliphatic heterocycles. The Kier molecular flexibility index (Phi) is 4.45. The first-order valence-corrected chi connectivity index (χ1v) is 14.0. The van der Waals surface area contributed by atoms with E-state index in [1.807, 2.05) is 62.4 Å². The van der Waals surface area contributed by atoms with Gasteiger partial charge in [0.2, 0.25) is 0 Å². The van der Waals surface area contributed by atoms with Crippen LogP contribution < -0.4 is 22.0 Å². The molecule has 8 heteroatoms. The summed E-state index contributed by atoms with van der Waals surface area (Å²) in [5.74, 6) is 1.25. The van der Waals surface area contributed by atoms with Gasteiger partial charge in [0.15, 0.2) is 23.0 Å². The Morgan fingerprint density at radius 1 is 0.429 bits per heavy atom. The van der Waals surface area contributed by atoms with Crippen molar-refractivity contribution in [3.05, 3.63) is 141 Å². The van der Waals surface area contributed by atoms with Gasteiger partial charge in [-0.05, 0) is 13.8 Å². The largest absolute Gasteiger partial charge is 0.324 e. The maximum absolute atomic E-state index is 5.25. The Balaban J connectivity index is 1.47. The summed E-state index contributed by atoms with van der Waals surface area (Å²) in [6.45, 7) is 4.06. The molecule has 0 spiro atoms. The highest BCUT2D eigenvalue weighted by Crippen LogP contribution is 2.38. The van der Waals surface area contributed by atoms with Crippen LogP contribution in [-0.2, 0) is 11.3 Å². The Labute approximate surface area is 239 Å². The normalized spacial score (nSPS) is 23.5. The van der Waals surface area contributed by atoms with Gasteiger partial charge in [-0.25, -0.2) is 30.0 Å². The van der Waals surface area contributed by atoms with Crippen LogP contribution in [0.25, 0.3) is 21.5 Å². The number of H-pyrrole nitrogens is 2. The molecule has 0 saturated carbocycles. The van der Waals surface area contributed by atoms with Crippen molar-refractivity contribution in [3.63, 3.8) is 0 Å². The van der Waals surface area contributed by atoms with Crippen LogP contribution in [0.1, 0.15) is 36.1 Å². The standard InChI is InChI=1S/C34H24N8/c1-33-25-17-9-7-15-23(25)31(41-33)37-28-20-12-4-6-14-22(20)30(36-28)40-34(2)26-18-10-8-16-24(26)32(42-34)38-27-19-11-3-5-13-21(19)29(35-27)39-33/h3-18H,1-2H3,(H,35,38,39,42)(H,36,37,40,41). The van der Waals surface area contributed by atoms with E-state index in [0.29, 0.717) is 33.6 Å². The SMILES string of the molecule is CC12N=C(N=c3[nH]/c(c4ccccc34)=N\C3(C)N=C(N=c4[nH]/c(c5ccccc45)=N\1)c1ccccc13)c1ccccc12. The third kappa shape index (κ3) is 3.17. The first kappa shape index (κ1) is 23.2. The zero-order chi connectivity index (χ0) is 28.1. The number of rotatable bonds is 0. The molecule has 0 amide bonds. The van der Waals surface area contributed by atoms with E-state index >= 15 is 0 Å². The molecule has 0 radical (unpaired) electrons. The number of benzene rings is 4. The molecule has 6 aromatic rings. The highest BCUT2D eigenvalue weighted by atomic mass is 15.2. The van der Waals surface area contributed by atoms with Gasteiger partial charge in [-0.3, -0.25) is 0 Å². The second-order valence-electron chi connectivity index (χ2n) is 11.2. The molecule has 4 aromatic carbocycles. The molecule has 2 aromatic heterocycles. The molecule has 0 fully saturated rings. The van der Waals surface area contributed by atoms with Gasteiger partial charge < -0.3 is 9.97 Å². The molecular formula is C34H24N8. The summed E-state index contributed by atoms with van der Waals surface area (Å²) in [6.07, 6.45) is 0. The van der Waals surface area contributed by atoms with Crippen LogP contribution in [0.2, 0.25) is 0 Å². The maximum Gasteiger partial charge on any atom is 0.178 e. The maximum atomic E-state index is 5.25. The molecule has 200 valence electrons. The lowest BCUT2D eigenvalue weighted by Gasteiger charge is -2.16. The number of hydrogen-bond acceptors (Lipinski definition) is 6. The van der Waals surface area contributed by atoms with Gasteiger partial charge in [0.1, 0.15) is 22.0 Å². The molecule has 5 heterocycles. The number of amidine groups is 2. The van der Waals surface area contributed by atoms with Crippen molar-refractivity contribution in [1.82, 2.24) is 9.97 Å². The molecule has 2 N–H and O–H groups in total. The quantitative estimate of drug-likeness (QED) is 0.287. The number of aromatic amines is 2. The minimum Gasteiger partial charge on any atom is -0.324 e. The molecule has 2 atom stereocenters. The Bertz CT molecular complexity index is 2290. The van der Waals surface area contributed by atoms with Gasteiger partial charge in [-0.1, -0.05) is 97.1 Å². The fourth-order valence-electron chi connectivity index (χ4n) is 6.46. The van der Waals surface area contributed by atoms with Crippen LogP contribution >= 0.6 is 0 Å². The molecule has 0 saturated heterocycles. The summed E-state index contributed by atoms with van der Waals surface area (Å²) in [7, 11) is 0.